The summed E-state index contributed by atoms with van der Waals surface area (Å²) in [4.78, 5) is 0. The highest BCUT2D eigenvalue weighted by Gasteiger charge is 2.46. The van der Waals surface area contributed by atoms with Crippen LogP contribution in [0.2, 0.25) is 0 Å². The smallest absolute Gasteiger partial charge is 0.0142 e. The van der Waals surface area contributed by atoms with E-state index in [9.17, 15) is 0 Å². The summed E-state index contributed by atoms with van der Waals surface area (Å²) in [6, 6.07) is 1.79. The predicted octanol–water partition coefficient (Wildman–Crippen LogP) is 2.41. The molecule has 1 heterocycles. The van der Waals surface area contributed by atoms with E-state index < -0.39 is 0 Å². The Kier molecular flexibility index (Phi) is 2.09. The molecule has 13 heavy (non-hydrogen) atoms. The van der Waals surface area contributed by atoms with E-state index >= 15 is 0 Å². The van der Waals surface area contributed by atoms with E-state index in [1.807, 2.05) is 0 Å². The monoisotopic (exact) mass is 197 g/mol. The van der Waals surface area contributed by atoms with Crippen molar-refractivity contribution in [2.24, 2.45) is 5.41 Å². The maximum absolute atomic E-state index is 3.87. The first-order valence-corrected chi connectivity index (χ1v) is 6.88. The van der Waals surface area contributed by atoms with Crippen molar-refractivity contribution in [2.75, 3.05) is 11.5 Å². The van der Waals surface area contributed by atoms with Crippen LogP contribution in [0.1, 0.15) is 38.5 Å². The van der Waals surface area contributed by atoms with E-state index in [1.165, 1.54) is 50.0 Å². The average molecular weight is 197 g/mol. The molecule has 1 unspecified atom stereocenters. The molecule has 1 aliphatic heterocycles. The molecule has 3 aliphatic rings. The van der Waals surface area contributed by atoms with Gasteiger partial charge >= 0.3 is 0 Å². The third-order valence-corrected chi connectivity index (χ3v) is 5.35. The molecule has 2 saturated carbocycles. The molecule has 3 rings (SSSR count). The molecule has 1 spiro atoms. The lowest BCUT2D eigenvalue weighted by Crippen LogP contribution is -2.54. The summed E-state index contributed by atoms with van der Waals surface area (Å²) in [7, 11) is 0. The zero-order valence-electron chi connectivity index (χ0n) is 8.22. The minimum atomic E-state index is 0.742. The molecule has 0 aromatic carbocycles. The Bertz CT molecular complexity index is 196. The molecular weight excluding hydrogens is 178 g/mol. The molecule has 0 amide bonds. The Morgan fingerprint density at radius 3 is 2.62 bits per heavy atom. The average Bonchev–Trinajstić information content (AvgIpc) is 2.86. The lowest BCUT2D eigenvalue weighted by atomic mass is 9.64. The SMILES string of the molecule is C1CC2(C1)CSCCC2NC1CC1. The van der Waals surface area contributed by atoms with E-state index in [2.05, 4.69) is 17.1 Å². The van der Waals surface area contributed by atoms with Gasteiger partial charge in [-0.1, -0.05) is 6.42 Å². The lowest BCUT2D eigenvalue weighted by Gasteiger charge is -2.51. The van der Waals surface area contributed by atoms with E-state index in [0.717, 1.165) is 17.5 Å². The molecule has 0 bridgehead atoms. The van der Waals surface area contributed by atoms with Crippen LogP contribution in [0.4, 0.5) is 0 Å². The first-order chi connectivity index (χ1) is 6.39. The van der Waals surface area contributed by atoms with Crippen molar-refractivity contribution in [1.82, 2.24) is 5.32 Å². The molecule has 74 valence electrons. The van der Waals surface area contributed by atoms with Gasteiger partial charge < -0.3 is 5.32 Å². The number of nitrogens with one attached hydrogen (secondary N) is 1. The summed E-state index contributed by atoms with van der Waals surface area (Å²) in [5.74, 6) is 2.84. The quantitative estimate of drug-likeness (QED) is 0.729. The van der Waals surface area contributed by atoms with Crippen LogP contribution in [0, 0.1) is 5.41 Å². The van der Waals surface area contributed by atoms with Gasteiger partial charge in [0.25, 0.3) is 0 Å². The summed E-state index contributed by atoms with van der Waals surface area (Å²) in [5, 5.41) is 3.87. The Balaban J connectivity index is 1.66. The Morgan fingerprint density at radius 2 is 2.00 bits per heavy atom. The molecule has 0 aromatic rings. The fraction of sp³-hybridized carbons (Fsp3) is 1.00. The van der Waals surface area contributed by atoms with Gasteiger partial charge in [-0.15, -0.1) is 0 Å². The van der Waals surface area contributed by atoms with Gasteiger partial charge in [-0.3, -0.25) is 0 Å². The second kappa shape index (κ2) is 3.16. The molecule has 0 radical (unpaired) electrons. The van der Waals surface area contributed by atoms with Crippen LogP contribution in [0.25, 0.3) is 0 Å². The van der Waals surface area contributed by atoms with Gasteiger partial charge in [0.2, 0.25) is 0 Å². The Labute approximate surface area is 85.0 Å². The molecule has 1 nitrogen and oxygen atoms in total. The molecule has 2 aliphatic carbocycles. The van der Waals surface area contributed by atoms with Gasteiger partial charge in [-0.25, -0.2) is 0 Å². The van der Waals surface area contributed by atoms with Crippen molar-refractivity contribution in [2.45, 2.75) is 50.6 Å². The molecule has 3 fully saturated rings. The predicted molar refractivity (Wildman–Crippen MR) is 58.2 cm³/mol. The van der Waals surface area contributed by atoms with Gasteiger partial charge in [0.15, 0.2) is 0 Å². The van der Waals surface area contributed by atoms with E-state index in [0.29, 0.717) is 0 Å². The summed E-state index contributed by atoms with van der Waals surface area (Å²) >= 11 is 2.19. The van der Waals surface area contributed by atoms with Gasteiger partial charge in [-0.05, 0) is 43.3 Å². The summed E-state index contributed by atoms with van der Waals surface area (Å²) < 4.78 is 0. The minimum Gasteiger partial charge on any atom is -0.311 e. The van der Waals surface area contributed by atoms with Crippen LogP contribution in [-0.2, 0) is 0 Å². The third kappa shape index (κ3) is 1.52. The number of rotatable bonds is 2. The van der Waals surface area contributed by atoms with Gasteiger partial charge in [0.1, 0.15) is 0 Å². The highest BCUT2D eigenvalue weighted by atomic mass is 32.2. The topological polar surface area (TPSA) is 12.0 Å². The fourth-order valence-electron chi connectivity index (χ4n) is 2.80. The molecule has 1 saturated heterocycles. The van der Waals surface area contributed by atoms with Gasteiger partial charge in [0, 0.05) is 17.8 Å². The largest absolute Gasteiger partial charge is 0.311 e. The van der Waals surface area contributed by atoms with Crippen LogP contribution >= 0.6 is 11.8 Å². The minimum absolute atomic E-state index is 0.742. The van der Waals surface area contributed by atoms with Gasteiger partial charge in [0.05, 0.1) is 0 Å². The summed E-state index contributed by atoms with van der Waals surface area (Å²) in [6.45, 7) is 0. The second-order valence-corrected chi connectivity index (χ2v) is 6.16. The van der Waals surface area contributed by atoms with Crippen molar-refractivity contribution in [1.29, 1.82) is 0 Å². The van der Waals surface area contributed by atoms with Gasteiger partial charge in [-0.2, -0.15) is 11.8 Å². The molecule has 0 aromatic heterocycles. The number of hydrogen-bond donors (Lipinski definition) is 1. The number of thioether (sulfide) groups is 1. The summed E-state index contributed by atoms with van der Waals surface area (Å²) in [5.41, 5.74) is 0.742. The first kappa shape index (κ1) is 8.60. The molecular formula is C11H19NS. The van der Waals surface area contributed by atoms with Crippen molar-refractivity contribution in [3.8, 4) is 0 Å². The van der Waals surface area contributed by atoms with Crippen molar-refractivity contribution < 1.29 is 0 Å². The normalized spacial score (nSPS) is 37.4. The fourth-order valence-corrected chi connectivity index (χ4v) is 4.24. The summed E-state index contributed by atoms with van der Waals surface area (Å²) in [6.07, 6.45) is 8.82. The van der Waals surface area contributed by atoms with Crippen LogP contribution in [-0.4, -0.2) is 23.6 Å². The third-order valence-electron chi connectivity index (χ3n) is 4.04. The van der Waals surface area contributed by atoms with E-state index in [-0.39, 0.29) is 0 Å². The highest BCUT2D eigenvalue weighted by molar-refractivity contribution is 7.99. The van der Waals surface area contributed by atoms with E-state index in [4.69, 9.17) is 0 Å². The lowest BCUT2D eigenvalue weighted by molar-refractivity contribution is 0.0953. The van der Waals surface area contributed by atoms with Crippen LogP contribution in [0.15, 0.2) is 0 Å². The standard InChI is InChI=1S/C11H19NS/c1-5-11(6-1)8-13-7-4-10(11)12-9-2-3-9/h9-10,12H,1-8H2. The zero-order valence-corrected chi connectivity index (χ0v) is 9.04. The van der Waals surface area contributed by atoms with Crippen LogP contribution < -0.4 is 5.32 Å². The molecule has 1 N–H and O–H groups in total. The maximum Gasteiger partial charge on any atom is 0.0142 e. The van der Waals surface area contributed by atoms with Crippen LogP contribution in [0.3, 0.4) is 0 Å². The second-order valence-electron chi connectivity index (χ2n) is 5.05. The van der Waals surface area contributed by atoms with Crippen molar-refractivity contribution in [3.05, 3.63) is 0 Å². The zero-order chi connectivity index (χ0) is 8.73. The van der Waals surface area contributed by atoms with E-state index in [1.54, 1.807) is 0 Å². The molecule has 2 heteroatoms. The highest BCUT2D eigenvalue weighted by Crippen LogP contribution is 2.50. The van der Waals surface area contributed by atoms with Crippen molar-refractivity contribution >= 4 is 11.8 Å². The Morgan fingerprint density at radius 1 is 1.15 bits per heavy atom. The Hall–Kier alpha value is 0.310. The number of hydrogen-bond acceptors (Lipinski definition) is 2. The molecule has 1 atom stereocenters. The van der Waals surface area contributed by atoms with Crippen molar-refractivity contribution in [3.63, 3.8) is 0 Å². The first-order valence-electron chi connectivity index (χ1n) is 5.73. The van der Waals surface area contributed by atoms with Crippen LogP contribution in [0.5, 0.6) is 0 Å². The maximum atomic E-state index is 3.87.